The zero-order valence-corrected chi connectivity index (χ0v) is 14.7. The highest BCUT2D eigenvalue weighted by Gasteiger charge is 2.16. The number of anilines is 2. The molecule has 0 bridgehead atoms. The standard InChI is InChI=1S/C15H17BrN6O2/c1-23-15-19-13(18-14(20-15)22-5-7-24-8-6-22)21-17-10-11-3-2-4-12(16)9-11/h2-4,9-10H,5-8H2,1H3,(H,18,19,20,21)/b17-10+. The van der Waals surface area contributed by atoms with E-state index in [1.54, 1.807) is 6.21 Å². The zero-order valence-electron chi connectivity index (χ0n) is 13.1. The highest BCUT2D eigenvalue weighted by Crippen LogP contribution is 2.16. The number of rotatable bonds is 5. The average molecular weight is 393 g/mol. The Labute approximate surface area is 148 Å². The molecular formula is C15H17BrN6O2. The number of nitrogens with one attached hydrogen (secondary N) is 1. The monoisotopic (exact) mass is 392 g/mol. The van der Waals surface area contributed by atoms with E-state index in [9.17, 15) is 0 Å². The Morgan fingerprint density at radius 1 is 1.29 bits per heavy atom. The van der Waals surface area contributed by atoms with Crippen LogP contribution in [0.1, 0.15) is 5.56 Å². The maximum Gasteiger partial charge on any atom is 0.322 e. The minimum atomic E-state index is 0.242. The molecular weight excluding hydrogens is 376 g/mol. The van der Waals surface area contributed by atoms with Gasteiger partial charge in [-0.05, 0) is 17.7 Å². The molecule has 1 aliphatic rings. The molecule has 2 aromatic rings. The van der Waals surface area contributed by atoms with Gasteiger partial charge in [0.05, 0.1) is 26.5 Å². The largest absolute Gasteiger partial charge is 0.467 e. The molecule has 1 aromatic heterocycles. The summed E-state index contributed by atoms with van der Waals surface area (Å²) in [4.78, 5) is 14.9. The summed E-state index contributed by atoms with van der Waals surface area (Å²) >= 11 is 3.42. The first-order chi connectivity index (χ1) is 11.7. The summed E-state index contributed by atoms with van der Waals surface area (Å²) in [7, 11) is 1.52. The average Bonchev–Trinajstić information content (AvgIpc) is 2.62. The van der Waals surface area contributed by atoms with Crippen LogP contribution >= 0.6 is 15.9 Å². The van der Waals surface area contributed by atoms with Crippen LogP contribution in [0.25, 0.3) is 0 Å². The summed E-state index contributed by atoms with van der Waals surface area (Å²) in [6.07, 6.45) is 1.69. The van der Waals surface area contributed by atoms with Crippen LogP contribution in [0.2, 0.25) is 0 Å². The van der Waals surface area contributed by atoms with E-state index in [1.165, 1.54) is 7.11 Å². The van der Waals surface area contributed by atoms with E-state index >= 15 is 0 Å². The predicted molar refractivity (Wildman–Crippen MR) is 94.8 cm³/mol. The molecule has 1 aromatic carbocycles. The molecule has 1 aliphatic heterocycles. The van der Waals surface area contributed by atoms with E-state index in [0.717, 1.165) is 23.1 Å². The van der Waals surface area contributed by atoms with Gasteiger partial charge in [-0.25, -0.2) is 5.43 Å². The van der Waals surface area contributed by atoms with Crippen LogP contribution in [-0.2, 0) is 4.74 Å². The maximum atomic E-state index is 5.34. The first-order valence-electron chi connectivity index (χ1n) is 7.42. The van der Waals surface area contributed by atoms with Crippen LogP contribution in [0.5, 0.6) is 6.01 Å². The Balaban J connectivity index is 1.74. The quantitative estimate of drug-likeness (QED) is 0.614. The molecule has 2 heterocycles. The molecule has 3 rings (SSSR count). The number of hydrazone groups is 1. The van der Waals surface area contributed by atoms with Crippen LogP contribution in [0, 0.1) is 0 Å². The second-order valence-corrected chi connectivity index (χ2v) is 5.89. The third-order valence-electron chi connectivity index (χ3n) is 3.31. The summed E-state index contributed by atoms with van der Waals surface area (Å²) < 4.78 is 11.5. The van der Waals surface area contributed by atoms with Crippen molar-refractivity contribution < 1.29 is 9.47 Å². The van der Waals surface area contributed by atoms with Gasteiger partial charge < -0.3 is 14.4 Å². The number of nitrogens with zero attached hydrogens (tertiary/aromatic N) is 5. The number of halogens is 1. The molecule has 126 valence electrons. The lowest BCUT2D eigenvalue weighted by atomic mass is 10.2. The molecule has 1 saturated heterocycles. The second kappa shape index (κ2) is 8.02. The molecule has 0 aliphatic carbocycles. The van der Waals surface area contributed by atoms with Gasteiger partial charge >= 0.3 is 6.01 Å². The minimum Gasteiger partial charge on any atom is -0.467 e. The molecule has 0 atom stereocenters. The third kappa shape index (κ3) is 4.39. The Kier molecular flexibility index (Phi) is 5.55. The Morgan fingerprint density at radius 2 is 2.12 bits per heavy atom. The van der Waals surface area contributed by atoms with Gasteiger partial charge in [-0.3, -0.25) is 0 Å². The Morgan fingerprint density at radius 3 is 2.88 bits per heavy atom. The summed E-state index contributed by atoms with van der Waals surface area (Å²) in [6, 6.07) is 8.04. The van der Waals surface area contributed by atoms with Crippen LogP contribution in [0.4, 0.5) is 11.9 Å². The molecule has 0 spiro atoms. The minimum absolute atomic E-state index is 0.242. The van der Waals surface area contributed by atoms with Crippen molar-refractivity contribution in [3.8, 4) is 6.01 Å². The molecule has 0 amide bonds. The fourth-order valence-corrected chi connectivity index (χ4v) is 2.56. The lowest BCUT2D eigenvalue weighted by molar-refractivity contribution is 0.122. The van der Waals surface area contributed by atoms with E-state index in [4.69, 9.17) is 9.47 Å². The fraction of sp³-hybridized carbons (Fsp3) is 0.333. The summed E-state index contributed by atoms with van der Waals surface area (Å²) in [5.74, 6) is 0.875. The smallest absolute Gasteiger partial charge is 0.322 e. The predicted octanol–water partition coefficient (Wildman–Crippen LogP) is 1.93. The molecule has 9 heteroatoms. The third-order valence-corrected chi connectivity index (χ3v) is 3.80. The normalized spacial score (nSPS) is 14.8. The number of aromatic nitrogens is 3. The van der Waals surface area contributed by atoms with Crippen molar-refractivity contribution in [3.63, 3.8) is 0 Å². The lowest BCUT2D eigenvalue weighted by Gasteiger charge is -2.26. The summed E-state index contributed by atoms with van der Waals surface area (Å²) in [6.45, 7) is 2.76. The highest BCUT2D eigenvalue weighted by atomic mass is 79.9. The van der Waals surface area contributed by atoms with Gasteiger partial charge in [0, 0.05) is 17.6 Å². The maximum absolute atomic E-state index is 5.34. The van der Waals surface area contributed by atoms with Crippen LogP contribution in [0.15, 0.2) is 33.8 Å². The zero-order chi connectivity index (χ0) is 16.8. The Bertz CT molecular complexity index is 721. The number of benzene rings is 1. The summed E-state index contributed by atoms with van der Waals surface area (Å²) in [5, 5.41) is 4.17. The summed E-state index contributed by atoms with van der Waals surface area (Å²) in [5.41, 5.74) is 3.77. The molecule has 0 radical (unpaired) electrons. The van der Waals surface area contributed by atoms with Crippen molar-refractivity contribution in [1.82, 2.24) is 15.0 Å². The van der Waals surface area contributed by atoms with Gasteiger partial charge in [0.1, 0.15) is 0 Å². The van der Waals surface area contributed by atoms with Gasteiger partial charge in [-0.15, -0.1) is 0 Å². The van der Waals surface area contributed by atoms with Crippen molar-refractivity contribution in [3.05, 3.63) is 34.3 Å². The van der Waals surface area contributed by atoms with E-state index in [2.05, 4.69) is 41.4 Å². The van der Waals surface area contributed by atoms with Crippen molar-refractivity contribution in [2.75, 3.05) is 43.7 Å². The Hall–Kier alpha value is -2.26. The molecule has 8 nitrogen and oxygen atoms in total. The molecule has 1 fully saturated rings. The van der Waals surface area contributed by atoms with Crippen molar-refractivity contribution >= 4 is 34.0 Å². The molecule has 24 heavy (non-hydrogen) atoms. The van der Waals surface area contributed by atoms with Gasteiger partial charge in [0.2, 0.25) is 5.95 Å². The van der Waals surface area contributed by atoms with Crippen molar-refractivity contribution in [1.29, 1.82) is 0 Å². The number of morpholine rings is 1. The topological polar surface area (TPSA) is 84.8 Å². The van der Waals surface area contributed by atoms with E-state index in [1.807, 2.05) is 29.2 Å². The number of hydrogen-bond donors (Lipinski definition) is 1. The van der Waals surface area contributed by atoms with E-state index in [0.29, 0.717) is 25.1 Å². The number of methoxy groups -OCH3 is 1. The lowest BCUT2D eigenvalue weighted by Crippen LogP contribution is -2.37. The van der Waals surface area contributed by atoms with Crippen LogP contribution in [0.3, 0.4) is 0 Å². The molecule has 0 unspecified atom stereocenters. The van der Waals surface area contributed by atoms with Gasteiger partial charge in [-0.1, -0.05) is 28.1 Å². The van der Waals surface area contributed by atoms with Crippen molar-refractivity contribution in [2.24, 2.45) is 5.10 Å². The van der Waals surface area contributed by atoms with Crippen molar-refractivity contribution in [2.45, 2.75) is 0 Å². The first-order valence-corrected chi connectivity index (χ1v) is 8.21. The molecule has 1 N–H and O–H groups in total. The highest BCUT2D eigenvalue weighted by molar-refractivity contribution is 9.10. The first kappa shape index (κ1) is 16.6. The van der Waals surface area contributed by atoms with Crippen LogP contribution < -0.4 is 15.1 Å². The number of hydrogen-bond acceptors (Lipinski definition) is 8. The van der Waals surface area contributed by atoms with Gasteiger partial charge in [0.15, 0.2) is 0 Å². The van der Waals surface area contributed by atoms with E-state index < -0.39 is 0 Å². The van der Waals surface area contributed by atoms with E-state index in [-0.39, 0.29) is 6.01 Å². The van der Waals surface area contributed by atoms with Gasteiger partial charge in [0.25, 0.3) is 5.95 Å². The van der Waals surface area contributed by atoms with Crippen LogP contribution in [-0.4, -0.2) is 54.6 Å². The molecule has 0 saturated carbocycles. The SMILES string of the molecule is COc1nc(N/N=C/c2cccc(Br)c2)nc(N2CCOCC2)n1. The van der Waals surface area contributed by atoms with Gasteiger partial charge in [-0.2, -0.15) is 20.1 Å². The second-order valence-electron chi connectivity index (χ2n) is 4.97. The number of ether oxygens (including phenoxy) is 2. The fourth-order valence-electron chi connectivity index (χ4n) is 2.14.